The van der Waals surface area contributed by atoms with Gasteiger partial charge in [-0.2, -0.15) is 0 Å². The minimum Gasteiger partial charge on any atom is -0.478 e. The van der Waals surface area contributed by atoms with Crippen LogP contribution in [0.25, 0.3) is 6.08 Å². The summed E-state index contributed by atoms with van der Waals surface area (Å²) in [5, 5.41) is 9.45. The summed E-state index contributed by atoms with van der Waals surface area (Å²) in [4.78, 5) is 29.9. The van der Waals surface area contributed by atoms with E-state index in [0.29, 0.717) is 28.1 Å². The lowest BCUT2D eigenvalue weighted by Gasteiger charge is -2.12. The highest BCUT2D eigenvalue weighted by Gasteiger charge is 2.32. The Labute approximate surface area is 148 Å². The molecule has 0 bridgehead atoms. The summed E-state index contributed by atoms with van der Waals surface area (Å²) in [7, 11) is 0. The molecule has 2 heterocycles. The van der Waals surface area contributed by atoms with Gasteiger partial charge >= 0.3 is 5.97 Å². The second-order valence-corrected chi connectivity index (χ2v) is 6.09. The number of hydrogen-bond acceptors (Lipinski definition) is 5. The Morgan fingerprint density at radius 1 is 1.32 bits per heavy atom. The molecule has 0 unspecified atom stereocenters. The molecule has 0 saturated carbocycles. The van der Waals surface area contributed by atoms with Crippen molar-refractivity contribution in [2.75, 3.05) is 6.54 Å². The largest absolute Gasteiger partial charge is 0.478 e. The van der Waals surface area contributed by atoms with Gasteiger partial charge in [-0.1, -0.05) is 6.08 Å². The summed E-state index contributed by atoms with van der Waals surface area (Å²) >= 11 is 1.23. The minimum absolute atomic E-state index is 0.179. The molecule has 0 atom stereocenters. The van der Waals surface area contributed by atoms with E-state index in [9.17, 15) is 9.59 Å². The Morgan fingerprint density at radius 2 is 2.08 bits per heavy atom. The molecule has 1 aliphatic rings. The second-order valence-electron chi connectivity index (χ2n) is 5.08. The topological polar surface area (TPSA) is 83.1 Å². The van der Waals surface area contributed by atoms with Crippen LogP contribution in [-0.4, -0.2) is 33.6 Å². The van der Waals surface area contributed by atoms with E-state index >= 15 is 0 Å². The van der Waals surface area contributed by atoms with Crippen molar-refractivity contribution in [1.29, 1.82) is 0 Å². The molecule has 2 aromatic rings. The molecule has 3 rings (SSSR count). The fourth-order valence-electron chi connectivity index (χ4n) is 2.17. The maximum absolute atomic E-state index is 12.6. The van der Waals surface area contributed by atoms with Gasteiger partial charge in [0.2, 0.25) is 0 Å². The fourth-order valence-corrected chi connectivity index (χ4v) is 3.16. The molecule has 1 aromatic carbocycles. The van der Waals surface area contributed by atoms with E-state index in [1.807, 2.05) is 0 Å². The van der Waals surface area contributed by atoms with Crippen LogP contribution in [0.2, 0.25) is 0 Å². The van der Waals surface area contributed by atoms with Gasteiger partial charge in [0.25, 0.3) is 5.91 Å². The van der Waals surface area contributed by atoms with Crippen molar-refractivity contribution >= 4 is 40.6 Å². The SMILES string of the molecule is C=CCN1C(=O)/C(=C/c2ccco2)SC1=Nc1ccc(C(=O)O)cc1. The first-order valence-electron chi connectivity index (χ1n) is 7.36. The molecule has 1 amide bonds. The number of carboxylic acid groups (broad SMARTS) is 1. The van der Waals surface area contributed by atoms with Gasteiger partial charge in [-0.3, -0.25) is 9.69 Å². The number of carboxylic acids is 1. The molecule has 0 radical (unpaired) electrons. The van der Waals surface area contributed by atoms with E-state index in [-0.39, 0.29) is 11.5 Å². The lowest BCUT2D eigenvalue weighted by atomic mass is 10.2. The summed E-state index contributed by atoms with van der Waals surface area (Å²) in [5.41, 5.74) is 0.745. The van der Waals surface area contributed by atoms with Crippen molar-refractivity contribution < 1.29 is 19.1 Å². The zero-order valence-electron chi connectivity index (χ0n) is 13.1. The quantitative estimate of drug-likeness (QED) is 0.653. The first kappa shape index (κ1) is 16.8. The number of amidine groups is 1. The number of amides is 1. The van der Waals surface area contributed by atoms with Crippen LogP contribution in [0.15, 0.2) is 69.6 Å². The first-order valence-corrected chi connectivity index (χ1v) is 8.18. The van der Waals surface area contributed by atoms with Gasteiger partial charge in [0, 0.05) is 12.6 Å². The van der Waals surface area contributed by atoms with Gasteiger partial charge in [0.05, 0.1) is 22.4 Å². The number of benzene rings is 1. The number of hydrogen-bond donors (Lipinski definition) is 1. The van der Waals surface area contributed by atoms with Gasteiger partial charge in [-0.05, 0) is 48.2 Å². The highest BCUT2D eigenvalue weighted by atomic mass is 32.2. The molecule has 1 N–H and O–H groups in total. The normalized spacial score (nSPS) is 17.4. The summed E-state index contributed by atoms with van der Waals surface area (Å²) in [5.74, 6) is -0.592. The molecular formula is C18H14N2O4S. The maximum Gasteiger partial charge on any atom is 0.335 e. The monoisotopic (exact) mass is 354 g/mol. The van der Waals surface area contributed by atoms with Crippen molar-refractivity contribution in [3.8, 4) is 0 Å². The zero-order valence-corrected chi connectivity index (χ0v) is 13.9. The number of nitrogens with zero attached hydrogens (tertiary/aromatic N) is 2. The van der Waals surface area contributed by atoms with E-state index in [4.69, 9.17) is 9.52 Å². The standard InChI is InChI=1S/C18H14N2O4S/c1-2-9-20-16(21)15(11-14-4-3-10-24-14)25-18(20)19-13-7-5-12(6-8-13)17(22)23/h2-8,10-11H,1,9H2,(H,22,23)/b15-11-,19-18?. The molecule has 6 nitrogen and oxygen atoms in total. The Kier molecular flexibility index (Phi) is 4.85. The van der Waals surface area contributed by atoms with Crippen molar-refractivity contribution in [1.82, 2.24) is 4.90 Å². The van der Waals surface area contributed by atoms with E-state index in [2.05, 4.69) is 11.6 Å². The van der Waals surface area contributed by atoms with Crippen LogP contribution < -0.4 is 0 Å². The summed E-state index contributed by atoms with van der Waals surface area (Å²) < 4.78 is 5.25. The van der Waals surface area contributed by atoms with Crippen LogP contribution >= 0.6 is 11.8 Å². The molecule has 0 aliphatic carbocycles. The Hall–Kier alpha value is -3.06. The van der Waals surface area contributed by atoms with E-state index in [0.717, 1.165) is 0 Å². The molecule has 1 aromatic heterocycles. The van der Waals surface area contributed by atoms with Crippen LogP contribution in [0, 0.1) is 0 Å². The van der Waals surface area contributed by atoms with Crippen LogP contribution in [0.1, 0.15) is 16.1 Å². The van der Waals surface area contributed by atoms with Gasteiger partial charge in [0.1, 0.15) is 5.76 Å². The lowest BCUT2D eigenvalue weighted by Crippen LogP contribution is -2.29. The van der Waals surface area contributed by atoms with E-state index in [1.54, 1.807) is 36.4 Å². The number of carbonyl (C=O) groups excluding carboxylic acids is 1. The Morgan fingerprint density at radius 3 is 2.68 bits per heavy atom. The third kappa shape index (κ3) is 3.72. The van der Waals surface area contributed by atoms with Gasteiger partial charge in [0.15, 0.2) is 5.17 Å². The number of thioether (sulfide) groups is 1. The van der Waals surface area contributed by atoms with Crippen molar-refractivity contribution in [2.45, 2.75) is 0 Å². The van der Waals surface area contributed by atoms with Gasteiger partial charge in [-0.15, -0.1) is 6.58 Å². The molecule has 1 aliphatic heterocycles. The number of aromatic carboxylic acids is 1. The van der Waals surface area contributed by atoms with Gasteiger partial charge < -0.3 is 9.52 Å². The summed E-state index contributed by atoms with van der Waals surface area (Å²) in [6.07, 6.45) is 4.83. The molecule has 126 valence electrons. The molecule has 25 heavy (non-hydrogen) atoms. The fraction of sp³-hybridized carbons (Fsp3) is 0.0556. The van der Waals surface area contributed by atoms with E-state index < -0.39 is 5.97 Å². The highest BCUT2D eigenvalue weighted by Crippen LogP contribution is 2.34. The minimum atomic E-state index is -0.999. The maximum atomic E-state index is 12.6. The third-order valence-corrected chi connectivity index (χ3v) is 4.36. The highest BCUT2D eigenvalue weighted by molar-refractivity contribution is 8.18. The Balaban J connectivity index is 1.91. The molecule has 0 spiro atoms. The molecule has 1 saturated heterocycles. The van der Waals surface area contributed by atoms with Crippen LogP contribution in [0.5, 0.6) is 0 Å². The Bertz CT molecular complexity index is 867. The van der Waals surface area contributed by atoms with Crippen LogP contribution in [0.4, 0.5) is 5.69 Å². The van der Waals surface area contributed by atoms with Gasteiger partial charge in [-0.25, -0.2) is 9.79 Å². The first-order chi connectivity index (χ1) is 12.1. The number of aliphatic imine (C=N–C) groups is 1. The smallest absolute Gasteiger partial charge is 0.335 e. The van der Waals surface area contributed by atoms with Crippen molar-refractivity contribution in [2.24, 2.45) is 4.99 Å². The van der Waals surface area contributed by atoms with Crippen LogP contribution in [-0.2, 0) is 4.79 Å². The number of rotatable bonds is 5. The summed E-state index contributed by atoms with van der Waals surface area (Å²) in [6.45, 7) is 4.00. The van der Waals surface area contributed by atoms with Crippen molar-refractivity contribution in [3.63, 3.8) is 0 Å². The van der Waals surface area contributed by atoms with Crippen molar-refractivity contribution in [3.05, 3.63) is 71.5 Å². The molecule has 1 fully saturated rings. The zero-order chi connectivity index (χ0) is 17.8. The molecule has 7 heteroatoms. The predicted octanol–water partition coefficient (Wildman–Crippen LogP) is 3.77. The average molecular weight is 354 g/mol. The van der Waals surface area contributed by atoms with E-state index in [1.165, 1.54) is 35.1 Å². The number of carbonyl (C=O) groups is 2. The second kappa shape index (κ2) is 7.23. The van der Waals surface area contributed by atoms with Crippen LogP contribution in [0.3, 0.4) is 0 Å². The number of furan rings is 1. The molecular weight excluding hydrogens is 340 g/mol. The third-order valence-electron chi connectivity index (χ3n) is 3.36. The summed E-state index contributed by atoms with van der Waals surface area (Å²) in [6, 6.07) is 9.65. The predicted molar refractivity (Wildman–Crippen MR) is 96.7 cm³/mol. The lowest BCUT2D eigenvalue weighted by molar-refractivity contribution is -0.121. The average Bonchev–Trinajstić information content (AvgIpc) is 3.20.